The predicted molar refractivity (Wildman–Crippen MR) is 131 cm³/mol. The van der Waals surface area contributed by atoms with Gasteiger partial charge in [0.25, 0.3) is 0 Å². The van der Waals surface area contributed by atoms with Crippen LogP contribution in [-0.4, -0.2) is 74.0 Å². The van der Waals surface area contributed by atoms with Crippen molar-refractivity contribution in [2.45, 2.75) is 49.7 Å². The quantitative estimate of drug-likeness (QED) is 0.572. The Labute approximate surface area is 199 Å². The van der Waals surface area contributed by atoms with Crippen molar-refractivity contribution in [2.75, 3.05) is 50.0 Å². The number of halogens is 1. The first-order valence-corrected chi connectivity index (χ1v) is 14.6. The molecule has 0 atom stereocenters. The van der Waals surface area contributed by atoms with E-state index >= 15 is 0 Å². The van der Waals surface area contributed by atoms with Crippen LogP contribution in [0.2, 0.25) is 0 Å². The van der Waals surface area contributed by atoms with Crippen molar-refractivity contribution < 1.29 is 17.6 Å². The van der Waals surface area contributed by atoms with Crippen molar-refractivity contribution in [1.29, 1.82) is 0 Å². The van der Waals surface area contributed by atoms with E-state index < -0.39 is 14.6 Å². The second-order valence-electron chi connectivity index (χ2n) is 9.66. The molecule has 1 aromatic carbocycles. The Bertz CT molecular complexity index is 1120. The number of anilines is 1. The van der Waals surface area contributed by atoms with E-state index in [1.807, 2.05) is 6.07 Å². The van der Waals surface area contributed by atoms with Crippen LogP contribution in [0.4, 0.5) is 10.1 Å². The summed E-state index contributed by atoms with van der Waals surface area (Å²) in [5.74, 6) is -0.426. The van der Waals surface area contributed by atoms with E-state index in [1.165, 1.54) is 11.8 Å². The summed E-state index contributed by atoms with van der Waals surface area (Å²) in [6, 6.07) is 5.01. The number of carbonyl (C=O) groups is 1. The minimum Gasteiger partial charge on any atom is -0.368 e. The third-order valence-electron chi connectivity index (χ3n) is 7.64. The van der Waals surface area contributed by atoms with Gasteiger partial charge in [0, 0.05) is 48.2 Å². The van der Waals surface area contributed by atoms with Crippen molar-refractivity contribution in [1.82, 2.24) is 9.80 Å². The van der Waals surface area contributed by atoms with Crippen molar-refractivity contribution in [3.05, 3.63) is 29.4 Å². The lowest BCUT2D eigenvalue weighted by Crippen LogP contribution is -2.46. The number of rotatable bonds is 6. The number of nitrogens with zero attached hydrogens (tertiary/aromatic N) is 3. The van der Waals surface area contributed by atoms with Gasteiger partial charge in [0.05, 0.1) is 5.69 Å². The lowest BCUT2D eigenvalue weighted by Gasteiger charge is -2.36. The molecule has 1 amide bonds. The Morgan fingerprint density at radius 1 is 1.00 bits per heavy atom. The Kier molecular flexibility index (Phi) is 6.39. The van der Waals surface area contributed by atoms with Gasteiger partial charge in [-0.2, -0.15) is 0 Å². The molecule has 1 spiro atoms. The van der Waals surface area contributed by atoms with E-state index in [9.17, 15) is 17.6 Å². The fraction of sp³-hybridized carbons (Fsp3) is 0.625. The van der Waals surface area contributed by atoms with E-state index in [0.29, 0.717) is 19.4 Å². The highest BCUT2D eigenvalue weighted by molar-refractivity contribution is 7.94. The summed E-state index contributed by atoms with van der Waals surface area (Å²) >= 11 is 1.59. The number of thiophene rings is 1. The maximum absolute atomic E-state index is 13.5. The van der Waals surface area contributed by atoms with Gasteiger partial charge in [-0.05, 0) is 50.4 Å². The zero-order chi connectivity index (χ0) is 23.1. The van der Waals surface area contributed by atoms with Crippen LogP contribution >= 0.6 is 11.3 Å². The number of hydrogen-bond donors (Lipinski definition) is 0. The van der Waals surface area contributed by atoms with Gasteiger partial charge in [-0.15, -0.1) is 11.3 Å². The van der Waals surface area contributed by atoms with Crippen LogP contribution in [0, 0.1) is 5.82 Å². The van der Waals surface area contributed by atoms with Crippen LogP contribution < -0.4 is 4.90 Å². The number of piperazine rings is 1. The molecule has 2 aliphatic heterocycles. The van der Waals surface area contributed by atoms with Crippen LogP contribution in [0.25, 0.3) is 10.1 Å². The molecule has 5 rings (SSSR count). The summed E-state index contributed by atoms with van der Waals surface area (Å²) in [5.41, 5.74) is 1.19. The van der Waals surface area contributed by atoms with Crippen LogP contribution in [-0.2, 0) is 14.6 Å². The van der Waals surface area contributed by atoms with Gasteiger partial charge >= 0.3 is 0 Å². The van der Waals surface area contributed by atoms with Crippen molar-refractivity contribution in [3.63, 3.8) is 0 Å². The second-order valence-corrected chi connectivity index (χ2v) is 12.8. The van der Waals surface area contributed by atoms with Crippen LogP contribution in [0.3, 0.4) is 0 Å². The normalized spacial score (nSPS) is 23.1. The number of hydrogen-bond acceptors (Lipinski definition) is 6. The highest BCUT2D eigenvalue weighted by atomic mass is 32.2. The van der Waals surface area contributed by atoms with Gasteiger partial charge in [0.2, 0.25) is 5.91 Å². The number of carbonyl (C=O) groups excluding carboxylic acids is 1. The number of unbranched alkanes of at least 4 members (excludes halogenated alkanes) is 1. The van der Waals surface area contributed by atoms with Crippen LogP contribution in [0.1, 0.15) is 44.9 Å². The molecule has 3 aliphatic rings. The minimum atomic E-state index is -3.37. The zero-order valence-corrected chi connectivity index (χ0v) is 20.6. The number of amides is 1. The monoisotopic (exact) mass is 493 g/mol. The first-order chi connectivity index (χ1) is 15.9. The van der Waals surface area contributed by atoms with E-state index in [4.69, 9.17) is 0 Å². The molecule has 6 nitrogen and oxygen atoms in total. The lowest BCUT2D eigenvalue weighted by molar-refractivity contribution is -0.132. The second kappa shape index (κ2) is 9.15. The molecule has 2 saturated heterocycles. The molecule has 1 aliphatic carbocycles. The third kappa shape index (κ3) is 4.28. The Hall–Kier alpha value is -1.71. The molecule has 0 unspecified atom stereocenters. The van der Waals surface area contributed by atoms with Crippen LogP contribution in [0.15, 0.2) is 23.6 Å². The summed E-state index contributed by atoms with van der Waals surface area (Å²) in [5, 5.41) is 3.25. The van der Waals surface area contributed by atoms with Gasteiger partial charge in [0.15, 0.2) is 14.6 Å². The molecule has 3 heterocycles. The average molecular weight is 494 g/mol. The maximum atomic E-state index is 13.5. The molecule has 1 aromatic heterocycles. The molecule has 33 heavy (non-hydrogen) atoms. The Balaban J connectivity index is 1.08. The van der Waals surface area contributed by atoms with Crippen molar-refractivity contribution in [3.8, 4) is 0 Å². The lowest BCUT2D eigenvalue weighted by atomic mass is 9.87. The standard InChI is InChI=1S/C24H32FN3O3S2/c25-19-6-7-20-21(17-32-22(20)16-19)27-14-12-26(13-15-27)10-4-5-11-28-18-33(30,31)24(23(28)29)8-2-1-3-9-24/h6-7,16-17H,1-5,8-15,18H2. The molecular weight excluding hydrogens is 461 g/mol. The molecule has 0 bridgehead atoms. The Morgan fingerprint density at radius 2 is 1.73 bits per heavy atom. The van der Waals surface area contributed by atoms with Crippen molar-refractivity contribution in [2.24, 2.45) is 0 Å². The SMILES string of the molecule is O=C1N(CCCCN2CCN(c3csc4cc(F)ccc34)CC2)CS(=O)(=O)C12CCCCC2. The fourth-order valence-electron chi connectivity index (χ4n) is 5.71. The number of sulfone groups is 1. The minimum absolute atomic E-state index is 0.0942. The molecule has 1 saturated carbocycles. The molecule has 0 radical (unpaired) electrons. The van der Waals surface area contributed by atoms with E-state index in [2.05, 4.69) is 15.2 Å². The third-order valence-corrected chi connectivity index (χ3v) is 11.0. The van der Waals surface area contributed by atoms with E-state index in [1.54, 1.807) is 22.3 Å². The van der Waals surface area contributed by atoms with E-state index in [0.717, 1.165) is 74.9 Å². The zero-order valence-electron chi connectivity index (χ0n) is 19.0. The summed E-state index contributed by atoms with van der Waals surface area (Å²) in [6.07, 6.45) is 5.49. The molecule has 2 aromatic rings. The first-order valence-electron chi connectivity index (χ1n) is 12.1. The fourth-order valence-corrected chi connectivity index (χ4v) is 8.91. The van der Waals surface area contributed by atoms with Crippen molar-refractivity contribution >= 4 is 42.9 Å². The molecule has 9 heteroatoms. The maximum Gasteiger partial charge on any atom is 0.244 e. The highest BCUT2D eigenvalue weighted by Gasteiger charge is 2.58. The summed E-state index contributed by atoms with van der Waals surface area (Å²) in [6.45, 7) is 5.32. The average Bonchev–Trinajstić information content (AvgIpc) is 3.30. The first kappa shape index (κ1) is 23.1. The largest absolute Gasteiger partial charge is 0.368 e. The summed E-state index contributed by atoms with van der Waals surface area (Å²) in [7, 11) is -3.37. The number of benzene rings is 1. The summed E-state index contributed by atoms with van der Waals surface area (Å²) < 4.78 is 38.9. The van der Waals surface area contributed by atoms with Gasteiger partial charge in [-0.3, -0.25) is 9.69 Å². The molecule has 0 N–H and O–H groups in total. The van der Waals surface area contributed by atoms with Gasteiger partial charge in [0.1, 0.15) is 11.7 Å². The van der Waals surface area contributed by atoms with Gasteiger partial charge < -0.3 is 9.80 Å². The molecule has 180 valence electrons. The van der Waals surface area contributed by atoms with Gasteiger partial charge in [-0.25, -0.2) is 12.8 Å². The topological polar surface area (TPSA) is 60.9 Å². The predicted octanol–water partition coefficient (Wildman–Crippen LogP) is 3.86. The smallest absolute Gasteiger partial charge is 0.244 e. The van der Waals surface area contributed by atoms with E-state index in [-0.39, 0.29) is 17.6 Å². The molecular formula is C24H32FN3O3S2. The highest BCUT2D eigenvalue weighted by Crippen LogP contribution is 2.41. The summed E-state index contributed by atoms with van der Waals surface area (Å²) in [4.78, 5) is 19.4. The Morgan fingerprint density at radius 3 is 2.48 bits per heavy atom. The number of fused-ring (bicyclic) bond motifs is 1. The molecule has 3 fully saturated rings. The van der Waals surface area contributed by atoms with Gasteiger partial charge in [-0.1, -0.05) is 19.3 Å². The van der Waals surface area contributed by atoms with Crippen LogP contribution in [0.5, 0.6) is 0 Å².